The van der Waals surface area contributed by atoms with Gasteiger partial charge in [-0.1, -0.05) is 59.6 Å². The van der Waals surface area contributed by atoms with Gasteiger partial charge in [-0.3, -0.25) is 9.78 Å². The lowest BCUT2D eigenvalue weighted by atomic mass is 9.95. The first-order chi connectivity index (χ1) is 12.6. The van der Waals surface area contributed by atoms with Gasteiger partial charge in [-0.05, 0) is 40.1 Å². The lowest BCUT2D eigenvalue weighted by Crippen LogP contribution is -2.21. The van der Waals surface area contributed by atoms with Crippen molar-refractivity contribution in [3.8, 4) is 22.3 Å². The maximum absolute atomic E-state index is 13.1. The number of rotatable bonds is 2. The zero-order valence-electron chi connectivity index (χ0n) is 13.9. The Labute approximate surface area is 160 Å². The minimum Gasteiger partial charge on any atom is -0.300 e. The summed E-state index contributed by atoms with van der Waals surface area (Å²) in [6.07, 6.45) is 3.34. The molecule has 26 heavy (non-hydrogen) atoms. The van der Waals surface area contributed by atoms with Crippen LogP contribution in [-0.2, 0) is 7.05 Å². The lowest BCUT2D eigenvalue weighted by molar-refractivity contribution is 0.865. The van der Waals surface area contributed by atoms with Crippen molar-refractivity contribution in [3.05, 3.63) is 87.5 Å². The highest BCUT2D eigenvalue weighted by Crippen LogP contribution is 2.39. The first-order valence-electron chi connectivity index (χ1n) is 8.05. The van der Waals surface area contributed by atoms with E-state index in [0.29, 0.717) is 16.1 Å². The van der Waals surface area contributed by atoms with Gasteiger partial charge in [-0.15, -0.1) is 0 Å². The standard InChI is InChI=1S/C21H14Cl2N2O/c1-25-20(23)19(22)17(14-8-10-24-11-9-14)18(21(25)26)16-7-6-13-4-2-3-5-15(13)12-16/h2-12H,1H3. The maximum Gasteiger partial charge on any atom is 0.260 e. The van der Waals surface area contributed by atoms with E-state index in [2.05, 4.69) is 4.98 Å². The van der Waals surface area contributed by atoms with Crippen molar-refractivity contribution in [3.63, 3.8) is 0 Å². The van der Waals surface area contributed by atoms with Gasteiger partial charge in [0.05, 0.1) is 10.6 Å². The molecule has 5 heteroatoms. The van der Waals surface area contributed by atoms with E-state index in [0.717, 1.165) is 21.9 Å². The molecule has 0 spiro atoms. The van der Waals surface area contributed by atoms with E-state index in [1.54, 1.807) is 19.4 Å². The molecule has 0 amide bonds. The number of benzene rings is 2. The van der Waals surface area contributed by atoms with Gasteiger partial charge in [0.2, 0.25) is 0 Å². The van der Waals surface area contributed by atoms with Crippen LogP contribution in [0.5, 0.6) is 0 Å². The third-order valence-electron chi connectivity index (χ3n) is 4.47. The van der Waals surface area contributed by atoms with Gasteiger partial charge in [0.15, 0.2) is 0 Å². The number of hydrogen-bond donors (Lipinski definition) is 0. The molecule has 0 bridgehead atoms. The molecule has 0 fully saturated rings. The molecule has 0 aliphatic heterocycles. The molecule has 0 radical (unpaired) electrons. The highest BCUT2D eigenvalue weighted by Gasteiger charge is 2.21. The average molecular weight is 381 g/mol. The van der Waals surface area contributed by atoms with Crippen molar-refractivity contribution in [1.82, 2.24) is 9.55 Å². The van der Waals surface area contributed by atoms with Crippen LogP contribution in [0.1, 0.15) is 0 Å². The van der Waals surface area contributed by atoms with E-state index in [1.807, 2.05) is 54.6 Å². The summed E-state index contributed by atoms with van der Waals surface area (Å²) in [6, 6.07) is 17.6. The highest BCUT2D eigenvalue weighted by molar-refractivity contribution is 6.43. The van der Waals surface area contributed by atoms with Crippen molar-refractivity contribution in [2.24, 2.45) is 7.05 Å². The van der Waals surface area contributed by atoms with E-state index in [-0.39, 0.29) is 10.7 Å². The fourth-order valence-corrected chi connectivity index (χ4v) is 3.63. The summed E-state index contributed by atoms with van der Waals surface area (Å²) in [5.74, 6) is 0. The third kappa shape index (κ3) is 2.70. The molecule has 2 heterocycles. The lowest BCUT2D eigenvalue weighted by Gasteiger charge is -2.16. The Morgan fingerprint density at radius 1 is 0.846 bits per heavy atom. The van der Waals surface area contributed by atoms with Crippen LogP contribution >= 0.6 is 23.2 Å². The second-order valence-electron chi connectivity index (χ2n) is 6.02. The van der Waals surface area contributed by atoms with Crippen molar-refractivity contribution in [2.75, 3.05) is 0 Å². The van der Waals surface area contributed by atoms with Crippen LogP contribution in [0.2, 0.25) is 10.2 Å². The molecule has 2 aromatic heterocycles. The summed E-state index contributed by atoms with van der Waals surface area (Å²) >= 11 is 12.9. The molecule has 128 valence electrons. The van der Waals surface area contributed by atoms with Crippen LogP contribution in [0.3, 0.4) is 0 Å². The Hall–Kier alpha value is -2.62. The number of nitrogens with zero attached hydrogens (tertiary/aromatic N) is 2. The molecule has 0 saturated heterocycles. The Balaban J connectivity index is 2.11. The van der Waals surface area contributed by atoms with Crippen molar-refractivity contribution in [2.45, 2.75) is 0 Å². The second-order valence-corrected chi connectivity index (χ2v) is 6.75. The summed E-state index contributed by atoms with van der Waals surface area (Å²) in [5, 5.41) is 2.73. The predicted molar refractivity (Wildman–Crippen MR) is 108 cm³/mol. The summed E-state index contributed by atoms with van der Waals surface area (Å²) in [4.78, 5) is 17.1. The Morgan fingerprint density at radius 3 is 2.27 bits per heavy atom. The zero-order valence-corrected chi connectivity index (χ0v) is 15.4. The SMILES string of the molecule is Cn1c(Cl)c(Cl)c(-c2ccncc2)c(-c2ccc3ccccc3c2)c1=O. The van der Waals surface area contributed by atoms with Crippen molar-refractivity contribution in [1.29, 1.82) is 0 Å². The number of fused-ring (bicyclic) bond motifs is 1. The molecule has 0 N–H and O–H groups in total. The second kappa shape index (κ2) is 6.60. The quantitative estimate of drug-likeness (QED) is 0.425. The van der Waals surface area contributed by atoms with Crippen molar-refractivity contribution < 1.29 is 0 Å². The molecule has 2 aromatic carbocycles. The molecule has 0 aliphatic rings. The van der Waals surface area contributed by atoms with Crippen LogP contribution in [0.25, 0.3) is 33.0 Å². The van der Waals surface area contributed by atoms with Crippen LogP contribution in [-0.4, -0.2) is 9.55 Å². The van der Waals surface area contributed by atoms with Gasteiger partial charge in [0, 0.05) is 25.0 Å². The fraction of sp³-hybridized carbons (Fsp3) is 0.0476. The number of hydrogen-bond acceptors (Lipinski definition) is 2. The fourth-order valence-electron chi connectivity index (χ4n) is 3.13. The largest absolute Gasteiger partial charge is 0.300 e. The molecular weight excluding hydrogens is 367 g/mol. The molecule has 0 unspecified atom stereocenters. The molecule has 0 aliphatic carbocycles. The van der Waals surface area contributed by atoms with E-state index >= 15 is 0 Å². The topological polar surface area (TPSA) is 34.9 Å². The molecule has 4 aromatic rings. The minimum atomic E-state index is -0.193. The van der Waals surface area contributed by atoms with Gasteiger partial charge in [0.25, 0.3) is 5.56 Å². The van der Waals surface area contributed by atoms with Crippen LogP contribution in [0, 0.1) is 0 Å². The monoisotopic (exact) mass is 380 g/mol. The van der Waals surface area contributed by atoms with Crippen molar-refractivity contribution >= 4 is 34.0 Å². The number of halogens is 2. The van der Waals surface area contributed by atoms with Crippen LogP contribution in [0.15, 0.2) is 71.8 Å². The Bertz CT molecular complexity index is 1180. The smallest absolute Gasteiger partial charge is 0.260 e. The minimum absolute atomic E-state index is 0.193. The van der Waals surface area contributed by atoms with E-state index in [1.165, 1.54) is 4.57 Å². The van der Waals surface area contributed by atoms with Gasteiger partial charge in [0.1, 0.15) is 5.15 Å². The first-order valence-corrected chi connectivity index (χ1v) is 8.81. The third-order valence-corrected chi connectivity index (χ3v) is 5.38. The van der Waals surface area contributed by atoms with E-state index in [4.69, 9.17) is 23.2 Å². The van der Waals surface area contributed by atoms with Crippen LogP contribution in [0.4, 0.5) is 0 Å². The molecule has 3 nitrogen and oxygen atoms in total. The predicted octanol–water partition coefficient (Wildman–Crippen LogP) is 5.57. The van der Waals surface area contributed by atoms with Gasteiger partial charge < -0.3 is 4.57 Å². The highest BCUT2D eigenvalue weighted by atomic mass is 35.5. The van der Waals surface area contributed by atoms with Crippen LogP contribution < -0.4 is 5.56 Å². The Morgan fingerprint density at radius 2 is 1.54 bits per heavy atom. The number of pyridine rings is 2. The van der Waals surface area contributed by atoms with E-state index in [9.17, 15) is 4.79 Å². The normalized spacial score (nSPS) is 11.0. The molecule has 0 atom stereocenters. The van der Waals surface area contributed by atoms with Gasteiger partial charge in [-0.25, -0.2) is 0 Å². The summed E-state index contributed by atoms with van der Waals surface area (Å²) in [6.45, 7) is 0. The molecule has 0 saturated carbocycles. The Kier molecular flexibility index (Phi) is 4.27. The zero-order chi connectivity index (χ0) is 18.3. The summed E-state index contributed by atoms with van der Waals surface area (Å²) in [7, 11) is 1.62. The van der Waals surface area contributed by atoms with Gasteiger partial charge in [-0.2, -0.15) is 0 Å². The summed E-state index contributed by atoms with van der Waals surface area (Å²) in [5.41, 5.74) is 2.56. The number of aromatic nitrogens is 2. The average Bonchev–Trinajstić information content (AvgIpc) is 2.69. The molecule has 4 rings (SSSR count). The molecular formula is C21H14Cl2N2O. The maximum atomic E-state index is 13.1. The summed E-state index contributed by atoms with van der Waals surface area (Å²) < 4.78 is 1.37. The van der Waals surface area contributed by atoms with E-state index < -0.39 is 0 Å². The van der Waals surface area contributed by atoms with Gasteiger partial charge >= 0.3 is 0 Å². The first kappa shape index (κ1) is 16.8.